The van der Waals surface area contributed by atoms with Gasteiger partial charge in [0.1, 0.15) is 23.6 Å². The lowest BCUT2D eigenvalue weighted by atomic mass is 9.80. The Kier molecular flexibility index (Phi) is 4.93. The molecule has 3 amide bonds. The second kappa shape index (κ2) is 7.47. The van der Waals surface area contributed by atoms with Gasteiger partial charge in [-0.25, -0.2) is 8.78 Å². The molecule has 2 N–H and O–H groups in total. The molecule has 1 spiro atoms. The van der Waals surface area contributed by atoms with Gasteiger partial charge in [-0.2, -0.15) is 5.26 Å². The quantitative estimate of drug-likeness (QED) is 0.740. The van der Waals surface area contributed by atoms with Crippen LogP contribution in [0, 0.1) is 28.9 Å². The van der Waals surface area contributed by atoms with Crippen LogP contribution in [-0.2, 0) is 19.8 Å². The summed E-state index contributed by atoms with van der Waals surface area (Å²) in [4.78, 5) is 39.6. The summed E-state index contributed by atoms with van der Waals surface area (Å²) < 4.78 is 26.7. The third kappa shape index (κ3) is 3.40. The Morgan fingerprint density at radius 3 is 2.61 bits per heavy atom. The monoisotopic (exact) mass is 424 g/mol. The third-order valence-corrected chi connectivity index (χ3v) is 5.81. The van der Waals surface area contributed by atoms with Crippen LogP contribution in [0.1, 0.15) is 18.9 Å². The molecule has 2 unspecified atom stereocenters. The largest absolute Gasteiger partial charge is 0.325 e. The van der Waals surface area contributed by atoms with E-state index >= 15 is 0 Å². The number of carbonyl (C=O) groups excluding carboxylic acids is 3. The first-order chi connectivity index (χ1) is 14.7. The summed E-state index contributed by atoms with van der Waals surface area (Å²) in [6.45, 7) is 1.30. The van der Waals surface area contributed by atoms with E-state index in [9.17, 15) is 28.4 Å². The number of benzene rings is 2. The van der Waals surface area contributed by atoms with Gasteiger partial charge in [-0.3, -0.25) is 14.4 Å². The molecule has 0 bridgehead atoms. The zero-order valence-electron chi connectivity index (χ0n) is 16.5. The van der Waals surface area contributed by atoms with E-state index in [2.05, 4.69) is 16.7 Å². The third-order valence-electron chi connectivity index (χ3n) is 5.81. The summed E-state index contributed by atoms with van der Waals surface area (Å²) in [6.07, 6.45) is 0.113. The Hall–Kier alpha value is -3.80. The van der Waals surface area contributed by atoms with Crippen molar-refractivity contribution >= 4 is 29.1 Å². The van der Waals surface area contributed by atoms with Crippen LogP contribution in [0.25, 0.3) is 0 Å². The molecule has 31 heavy (non-hydrogen) atoms. The van der Waals surface area contributed by atoms with Gasteiger partial charge in [-0.1, -0.05) is 18.2 Å². The standard InChI is InChI=1S/C22H18F2N4O3/c1-12(19(29)26-15-7-13(23)6-14(24)8-15)20(30)28-11-22(9-16(28)10-25)17-4-2-3-5-18(17)27-21(22)31/h2-8,12,16H,9,11H2,1H3,(H,26,29)(H,27,31)/t12?,16?,22-/m0/s1. The Morgan fingerprint density at radius 1 is 1.26 bits per heavy atom. The molecule has 0 saturated carbocycles. The summed E-state index contributed by atoms with van der Waals surface area (Å²) in [7, 11) is 0. The van der Waals surface area contributed by atoms with Gasteiger partial charge in [0, 0.05) is 30.4 Å². The smallest absolute Gasteiger partial charge is 0.237 e. The van der Waals surface area contributed by atoms with E-state index in [0.717, 1.165) is 12.1 Å². The van der Waals surface area contributed by atoms with Crippen molar-refractivity contribution in [1.82, 2.24) is 4.90 Å². The lowest BCUT2D eigenvalue weighted by Crippen LogP contribution is -2.44. The molecule has 4 rings (SSSR count). The van der Waals surface area contributed by atoms with Crippen LogP contribution in [0.4, 0.5) is 20.2 Å². The maximum absolute atomic E-state index is 13.4. The number of amides is 3. The number of nitrogens with zero attached hydrogens (tertiary/aromatic N) is 2. The predicted octanol–water partition coefficient (Wildman–Crippen LogP) is 2.55. The highest BCUT2D eigenvalue weighted by molar-refractivity contribution is 6.09. The molecule has 2 aliphatic heterocycles. The molecule has 2 aromatic carbocycles. The molecule has 1 fully saturated rings. The minimum Gasteiger partial charge on any atom is -0.325 e. The van der Waals surface area contributed by atoms with Crippen molar-refractivity contribution in [1.29, 1.82) is 5.26 Å². The van der Waals surface area contributed by atoms with Crippen molar-refractivity contribution in [2.45, 2.75) is 24.8 Å². The van der Waals surface area contributed by atoms with Gasteiger partial charge in [0.25, 0.3) is 0 Å². The van der Waals surface area contributed by atoms with Crippen molar-refractivity contribution in [3.63, 3.8) is 0 Å². The fraction of sp³-hybridized carbons (Fsp3) is 0.273. The highest BCUT2D eigenvalue weighted by atomic mass is 19.1. The molecule has 0 radical (unpaired) electrons. The van der Waals surface area contributed by atoms with E-state index in [1.807, 2.05) is 0 Å². The SMILES string of the molecule is CC(C(=O)Nc1cc(F)cc(F)c1)C(=O)N1C[C@]2(CC1C#N)C(=O)Nc1ccccc12. The number of nitrogens with one attached hydrogen (secondary N) is 2. The van der Waals surface area contributed by atoms with E-state index in [-0.39, 0.29) is 24.6 Å². The summed E-state index contributed by atoms with van der Waals surface area (Å²) >= 11 is 0. The molecule has 0 aliphatic carbocycles. The van der Waals surface area contributed by atoms with Crippen molar-refractivity contribution < 1.29 is 23.2 Å². The number of fused-ring (bicyclic) bond motifs is 2. The van der Waals surface area contributed by atoms with Gasteiger partial charge < -0.3 is 15.5 Å². The van der Waals surface area contributed by atoms with E-state index < -0.39 is 40.8 Å². The molecule has 2 aliphatic rings. The normalized spacial score (nSPS) is 22.6. The number of likely N-dealkylation sites (tertiary alicyclic amines) is 1. The fourth-order valence-electron chi connectivity index (χ4n) is 4.22. The Labute approximate surface area is 176 Å². The van der Waals surface area contributed by atoms with Gasteiger partial charge in [-0.05, 0) is 30.7 Å². The van der Waals surface area contributed by atoms with E-state index in [4.69, 9.17) is 0 Å². The Morgan fingerprint density at radius 2 is 1.94 bits per heavy atom. The van der Waals surface area contributed by atoms with Crippen molar-refractivity contribution in [3.05, 3.63) is 59.7 Å². The summed E-state index contributed by atoms with van der Waals surface area (Å²) in [5.74, 6) is -4.69. The van der Waals surface area contributed by atoms with E-state index in [0.29, 0.717) is 17.3 Å². The van der Waals surface area contributed by atoms with E-state index in [1.165, 1.54) is 11.8 Å². The molecular formula is C22H18F2N4O3. The second-order valence-corrected chi connectivity index (χ2v) is 7.77. The maximum Gasteiger partial charge on any atom is 0.237 e. The number of hydrogen-bond acceptors (Lipinski definition) is 4. The maximum atomic E-state index is 13.4. The highest BCUT2D eigenvalue weighted by Crippen LogP contribution is 2.46. The number of halogens is 2. The first kappa shape index (κ1) is 20.5. The molecule has 3 atom stereocenters. The molecule has 9 heteroatoms. The second-order valence-electron chi connectivity index (χ2n) is 7.77. The van der Waals surface area contributed by atoms with Crippen LogP contribution >= 0.6 is 0 Å². The van der Waals surface area contributed by atoms with Crippen LogP contribution in [0.3, 0.4) is 0 Å². The van der Waals surface area contributed by atoms with Crippen LogP contribution in [0.15, 0.2) is 42.5 Å². The lowest BCUT2D eigenvalue weighted by Gasteiger charge is -2.25. The van der Waals surface area contributed by atoms with Gasteiger partial charge in [-0.15, -0.1) is 0 Å². The number of carbonyl (C=O) groups is 3. The number of rotatable bonds is 3. The molecule has 1 saturated heterocycles. The van der Waals surface area contributed by atoms with Crippen LogP contribution in [-0.4, -0.2) is 35.2 Å². The van der Waals surface area contributed by atoms with Gasteiger partial charge >= 0.3 is 0 Å². The molecule has 0 aromatic heterocycles. The average molecular weight is 424 g/mol. The molecule has 7 nitrogen and oxygen atoms in total. The molecule has 2 aromatic rings. The van der Waals surface area contributed by atoms with Crippen LogP contribution < -0.4 is 10.6 Å². The minimum atomic E-state index is -1.24. The zero-order valence-corrected chi connectivity index (χ0v) is 16.5. The van der Waals surface area contributed by atoms with Gasteiger partial charge in [0.2, 0.25) is 17.7 Å². The van der Waals surface area contributed by atoms with Crippen molar-refractivity contribution in [2.75, 3.05) is 17.2 Å². The van der Waals surface area contributed by atoms with E-state index in [1.54, 1.807) is 24.3 Å². The Balaban J connectivity index is 1.56. The van der Waals surface area contributed by atoms with Crippen LogP contribution in [0.5, 0.6) is 0 Å². The fourth-order valence-corrected chi connectivity index (χ4v) is 4.22. The van der Waals surface area contributed by atoms with Gasteiger partial charge in [0.05, 0.1) is 11.5 Å². The zero-order chi connectivity index (χ0) is 22.3. The van der Waals surface area contributed by atoms with Gasteiger partial charge in [0.15, 0.2) is 0 Å². The Bertz CT molecular complexity index is 1130. The van der Waals surface area contributed by atoms with Crippen molar-refractivity contribution in [2.24, 2.45) is 5.92 Å². The first-order valence-electron chi connectivity index (χ1n) is 9.63. The molecule has 158 valence electrons. The molecule has 2 heterocycles. The number of hydrogen-bond donors (Lipinski definition) is 2. The summed E-state index contributed by atoms with van der Waals surface area (Å²) in [5.41, 5.74) is 0.162. The van der Waals surface area contributed by atoms with Crippen molar-refractivity contribution in [3.8, 4) is 6.07 Å². The number of nitriles is 1. The topological polar surface area (TPSA) is 102 Å². The predicted molar refractivity (Wildman–Crippen MR) is 107 cm³/mol. The lowest BCUT2D eigenvalue weighted by molar-refractivity contribution is -0.139. The minimum absolute atomic E-state index is 0.0425. The summed E-state index contributed by atoms with van der Waals surface area (Å²) in [5, 5.41) is 14.7. The number of anilines is 2. The highest BCUT2D eigenvalue weighted by Gasteiger charge is 2.56. The molecular weight excluding hydrogens is 406 g/mol. The first-order valence-corrected chi connectivity index (χ1v) is 9.63. The van der Waals surface area contributed by atoms with Crippen LogP contribution in [0.2, 0.25) is 0 Å². The number of para-hydroxylation sites is 1. The summed E-state index contributed by atoms with van der Waals surface area (Å²) in [6, 6.07) is 10.8. The average Bonchev–Trinajstić information content (AvgIpc) is 3.25.